The van der Waals surface area contributed by atoms with Crippen molar-refractivity contribution in [3.8, 4) is 5.75 Å². The third-order valence-electron chi connectivity index (χ3n) is 4.13. The first-order valence-electron chi connectivity index (χ1n) is 8.10. The van der Waals surface area contributed by atoms with Crippen molar-refractivity contribution in [3.63, 3.8) is 0 Å². The molecule has 0 saturated carbocycles. The first-order valence-corrected chi connectivity index (χ1v) is 8.10. The van der Waals surface area contributed by atoms with Crippen molar-refractivity contribution in [3.05, 3.63) is 59.7 Å². The average molecular weight is 310 g/mol. The van der Waals surface area contributed by atoms with Gasteiger partial charge in [-0.25, -0.2) is 0 Å². The summed E-state index contributed by atoms with van der Waals surface area (Å²) in [5.74, 6) is 0.867. The van der Waals surface area contributed by atoms with Crippen LogP contribution in [0.2, 0.25) is 0 Å². The molecule has 1 aliphatic heterocycles. The molecule has 0 radical (unpaired) electrons. The lowest BCUT2D eigenvalue weighted by Crippen LogP contribution is -2.35. The number of para-hydroxylation sites is 2. The zero-order chi connectivity index (χ0) is 16.1. The fraction of sp³-hybridized carbons (Fsp3) is 0.316. The van der Waals surface area contributed by atoms with E-state index in [4.69, 9.17) is 4.74 Å². The van der Waals surface area contributed by atoms with Crippen LogP contribution in [0.5, 0.6) is 5.75 Å². The summed E-state index contributed by atoms with van der Waals surface area (Å²) in [7, 11) is 0. The van der Waals surface area contributed by atoms with E-state index in [-0.39, 0.29) is 18.5 Å². The summed E-state index contributed by atoms with van der Waals surface area (Å²) >= 11 is 0. The quantitative estimate of drug-likeness (QED) is 0.891. The molecule has 1 atom stereocenters. The van der Waals surface area contributed by atoms with Gasteiger partial charge in [0.1, 0.15) is 5.75 Å². The second kappa shape index (κ2) is 7.18. The molecule has 0 bridgehead atoms. The molecule has 1 heterocycles. The molecular weight excluding hydrogens is 288 g/mol. The summed E-state index contributed by atoms with van der Waals surface area (Å²) in [6, 6.07) is 16.0. The molecule has 0 aliphatic carbocycles. The minimum absolute atomic E-state index is 0.00221. The lowest BCUT2D eigenvalue weighted by Gasteiger charge is -2.26. The smallest absolute Gasteiger partial charge is 0.239 e. The fourth-order valence-corrected chi connectivity index (χ4v) is 2.91. The predicted octanol–water partition coefficient (Wildman–Crippen LogP) is 3.30. The zero-order valence-electron chi connectivity index (χ0n) is 13.3. The van der Waals surface area contributed by atoms with Gasteiger partial charge in [-0.3, -0.25) is 4.79 Å². The van der Waals surface area contributed by atoms with Gasteiger partial charge in [0.25, 0.3) is 0 Å². The van der Waals surface area contributed by atoms with E-state index in [0.29, 0.717) is 6.61 Å². The van der Waals surface area contributed by atoms with Crippen LogP contribution >= 0.6 is 0 Å². The van der Waals surface area contributed by atoms with Crippen LogP contribution < -0.4 is 15.4 Å². The molecule has 0 spiro atoms. The molecule has 1 amide bonds. The highest BCUT2D eigenvalue weighted by Crippen LogP contribution is 2.31. The maximum Gasteiger partial charge on any atom is 0.239 e. The minimum atomic E-state index is -0.00221. The van der Waals surface area contributed by atoms with Crippen LogP contribution in [0.15, 0.2) is 48.5 Å². The average Bonchev–Trinajstić information content (AvgIpc) is 2.60. The summed E-state index contributed by atoms with van der Waals surface area (Å²) in [5, 5.41) is 6.34. The number of hydrogen-bond acceptors (Lipinski definition) is 3. The van der Waals surface area contributed by atoms with Crippen molar-refractivity contribution in [1.82, 2.24) is 5.32 Å². The second-order valence-corrected chi connectivity index (χ2v) is 5.66. The van der Waals surface area contributed by atoms with Crippen LogP contribution in [-0.2, 0) is 11.2 Å². The van der Waals surface area contributed by atoms with Crippen LogP contribution in [0.3, 0.4) is 0 Å². The van der Waals surface area contributed by atoms with Gasteiger partial charge in [-0.05, 0) is 24.1 Å². The topological polar surface area (TPSA) is 50.4 Å². The van der Waals surface area contributed by atoms with Crippen LogP contribution in [0, 0.1) is 0 Å². The van der Waals surface area contributed by atoms with Crippen LogP contribution in [0.1, 0.15) is 30.5 Å². The standard InChI is InChI=1S/C19H22N2O2/c1-2-14-7-3-5-9-16(14)20-13-19(22)21-17-11-12-23-18-10-6-4-8-15(17)18/h3-10,17,20H,2,11-13H2,1H3,(H,21,22). The number of carbonyl (C=O) groups excluding carboxylic acids is 1. The van der Waals surface area contributed by atoms with Gasteiger partial charge in [-0.1, -0.05) is 43.3 Å². The SMILES string of the molecule is CCc1ccccc1NCC(=O)NC1CCOc2ccccc21. The number of benzene rings is 2. The summed E-state index contributed by atoms with van der Waals surface area (Å²) in [5.41, 5.74) is 3.30. The Morgan fingerprint density at radius 2 is 1.96 bits per heavy atom. The Labute approximate surface area is 136 Å². The Morgan fingerprint density at radius 1 is 1.17 bits per heavy atom. The number of carbonyl (C=O) groups is 1. The zero-order valence-corrected chi connectivity index (χ0v) is 13.3. The molecule has 4 nitrogen and oxygen atoms in total. The lowest BCUT2D eigenvalue weighted by atomic mass is 10.0. The fourth-order valence-electron chi connectivity index (χ4n) is 2.91. The van der Waals surface area contributed by atoms with Gasteiger partial charge in [0.05, 0.1) is 19.2 Å². The van der Waals surface area contributed by atoms with E-state index in [1.54, 1.807) is 0 Å². The largest absolute Gasteiger partial charge is 0.493 e. The maximum atomic E-state index is 12.3. The molecule has 2 N–H and O–H groups in total. The van der Waals surface area contributed by atoms with E-state index < -0.39 is 0 Å². The molecule has 2 aromatic rings. The van der Waals surface area contributed by atoms with Gasteiger partial charge in [0, 0.05) is 17.7 Å². The summed E-state index contributed by atoms with van der Waals surface area (Å²) in [6.07, 6.45) is 1.74. The number of rotatable bonds is 5. The van der Waals surface area contributed by atoms with Crippen molar-refractivity contribution in [1.29, 1.82) is 0 Å². The first-order chi connectivity index (χ1) is 11.3. The van der Waals surface area contributed by atoms with Crippen molar-refractivity contribution in [2.75, 3.05) is 18.5 Å². The van der Waals surface area contributed by atoms with Crippen molar-refractivity contribution >= 4 is 11.6 Å². The Bertz CT molecular complexity index is 685. The molecular formula is C19H22N2O2. The lowest BCUT2D eigenvalue weighted by molar-refractivity contribution is -0.120. The Hall–Kier alpha value is -2.49. The second-order valence-electron chi connectivity index (χ2n) is 5.66. The third-order valence-corrected chi connectivity index (χ3v) is 4.13. The van der Waals surface area contributed by atoms with E-state index in [0.717, 1.165) is 29.8 Å². The van der Waals surface area contributed by atoms with Gasteiger partial charge in [-0.15, -0.1) is 0 Å². The Kier molecular flexibility index (Phi) is 4.81. The van der Waals surface area contributed by atoms with E-state index in [2.05, 4.69) is 23.6 Å². The van der Waals surface area contributed by atoms with Gasteiger partial charge < -0.3 is 15.4 Å². The minimum Gasteiger partial charge on any atom is -0.493 e. The van der Waals surface area contributed by atoms with E-state index >= 15 is 0 Å². The van der Waals surface area contributed by atoms with E-state index in [1.165, 1.54) is 5.56 Å². The molecule has 1 unspecified atom stereocenters. The Balaban J connectivity index is 1.60. The first kappa shape index (κ1) is 15.4. The maximum absolute atomic E-state index is 12.3. The monoisotopic (exact) mass is 310 g/mol. The van der Waals surface area contributed by atoms with Gasteiger partial charge >= 0.3 is 0 Å². The molecule has 4 heteroatoms. The van der Waals surface area contributed by atoms with Crippen molar-refractivity contribution in [2.24, 2.45) is 0 Å². The highest BCUT2D eigenvalue weighted by atomic mass is 16.5. The van der Waals surface area contributed by atoms with E-state index in [1.807, 2.05) is 42.5 Å². The van der Waals surface area contributed by atoms with Gasteiger partial charge in [0.2, 0.25) is 5.91 Å². The number of anilines is 1. The molecule has 1 aliphatic rings. The summed E-state index contributed by atoms with van der Waals surface area (Å²) in [4.78, 5) is 12.3. The van der Waals surface area contributed by atoms with Crippen LogP contribution in [0.25, 0.3) is 0 Å². The number of aryl methyl sites for hydroxylation is 1. The Morgan fingerprint density at radius 3 is 2.83 bits per heavy atom. The molecule has 0 saturated heterocycles. The highest BCUT2D eigenvalue weighted by Gasteiger charge is 2.22. The van der Waals surface area contributed by atoms with E-state index in [9.17, 15) is 4.79 Å². The number of ether oxygens (including phenoxy) is 1. The number of fused-ring (bicyclic) bond motifs is 1. The van der Waals surface area contributed by atoms with Gasteiger partial charge in [-0.2, -0.15) is 0 Å². The summed E-state index contributed by atoms with van der Waals surface area (Å²) in [6.45, 7) is 3.02. The normalized spacial score (nSPS) is 16.1. The predicted molar refractivity (Wildman–Crippen MR) is 91.7 cm³/mol. The molecule has 120 valence electrons. The molecule has 2 aromatic carbocycles. The highest BCUT2D eigenvalue weighted by molar-refractivity contribution is 5.81. The number of nitrogens with one attached hydrogen (secondary N) is 2. The molecule has 3 rings (SSSR count). The van der Waals surface area contributed by atoms with Crippen LogP contribution in [-0.4, -0.2) is 19.1 Å². The molecule has 0 aromatic heterocycles. The van der Waals surface area contributed by atoms with Gasteiger partial charge in [0.15, 0.2) is 0 Å². The number of amides is 1. The van der Waals surface area contributed by atoms with Crippen molar-refractivity contribution in [2.45, 2.75) is 25.8 Å². The van der Waals surface area contributed by atoms with Crippen molar-refractivity contribution < 1.29 is 9.53 Å². The third kappa shape index (κ3) is 3.65. The van der Waals surface area contributed by atoms with Crippen LogP contribution in [0.4, 0.5) is 5.69 Å². The number of hydrogen-bond donors (Lipinski definition) is 2. The molecule has 0 fully saturated rings. The summed E-state index contributed by atoms with van der Waals surface area (Å²) < 4.78 is 5.63. The molecule has 23 heavy (non-hydrogen) atoms.